The zero-order chi connectivity index (χ0) is 22.5. The maximum Gasteiger partial charge on any atom is 0.276 e. The summed E-state index contributed by atoms with van der Waals surface area (Å²) in [7, 11) is 0. The van der Waals surface area contributed by atoms with E-state index in [1.807, 2.05) is 53.3 Å². The van der Waals surface area contributed by atoms with E-state index in [1.165, 1.54) is 5.56 Å². The molecule has 3 aromatic rings. The number of carbonyl (C=O) groups excluding carboxylic acids is 1. The molecule has 0 unspecified atom stereocenters. The molecule has 0 atom stereocenters. The molecule has 1 aromatic heterocycles. The number of benzene rings is 2. The van der Waals surface area contributed by atoms with Gasteiger partial charge in [-0.05, 0) is 42.7 Å². The molecule has 0 saturated carbocycles. The van der Waals surface area contributed by atoms with Crippen LogP contribution in [0.15, 0.2) is 60.8 Å². The average molecular weight is 448 g/mol. The molecule has 5 rings (SSSR count). The lowest BCUT2D eigenvalue weighted by atomic mass is 10.0. The second-order valence-electron chi connectivity index (χ2n) is 8.56. The number of hydrogen-bond acceptors (Lipinski definition) is 6. The predicted molar refractivity (Wildman–Crippen MR) is 123 cm³/mol. The van der Waals surface area contributed by atoms with E-state index in [2.05, 4.69) is 27.3 Å². The summed E-state index contributed by atoms with van der Waals surface area (Å²) in [6.07, 6.45) is 3.77. The molecule has 2 aliphatic heterocycles. The van der Waals surface area contributed by atoms with Gasteiger partial charge in [0.05, 0.1) is 25.5 Å². The first kappa shape index (κ1) is 21.6. The van der Waals surface area contributed by atoms with Crippen LogP contribution in [0.3, 0.4) is 0 Å². The number of likely N-dealkylation sites (tertiary alicyclic amines) is 1. The molecule has 0 radical (unpaired) electrons. The van der Waals surface area contributed by atoms with Crippen molar-refractivity contribution in [3.63, 3.8) is 0 Å². The number of piperidine rings is 1. The van der Waals surface area contributed by atoms with E-state index in [1.54, 1.807) is 4.90 Å². The predicted octanol–water partition coefficient (Wildman–Crippen LogP) is 3.38. The van der Waals surface area contributed by atoms with Crippen molar-refractivity contribution in [1.82, 2.24) is 24.8 Å². The van der Waals surface area contributed by atoms with Gasteiger partial charge in [0.25, 0.3) is 5.91 Å². The van der Waals surface area contributed by atoms with Gasteiger partial charge < -0.3 is 14.4 Å². The monoisotopic (exact) mass is 447 g/mol. The lowest BCUT2D eigenvalue weighted by molar-refractivity contribution is 0.0299. The summed E-state index contributed by atoms with van der Waals surface area (Å²) < 4.78 is 13.2. The van der Waals surface area contributed by atoms with Gasteiger partial charge in [-0.15, -0.1) is 5.10 Å². The normalized spacial score (nSPS) is 17.8. The van der Waals surface area contributed by atoms with Crippen molar-refractivity contribution in [3.8, 4) is 11.5 Å². The van der Waals surface area contributed by atoms with Crippen LogP contribution >= 0.6 is 0 Å². The zero-order valence-corrected chi connectivity index (χ0v) is 18.7. The number of ether oxygens (including phenoxy) is 2. The average Bonchev–Trinajstić information content (AvgIpc) is 3.36. The number of carbonyl (C=O) groups is 1. The van der Waals surface area contributed by atoms with Crippen molar-refractivity contribution in [3.05, 3.63) is 72.1 Å². The highest BCUT2D eigenvalue weighted by Crippen LogP contribution is 2.25. The van der Waals surface area contributed by atoms with E-state index in [9.17, 15) is 4.79 Å². The molecule has 33 heavy (non-hydrogen) atoms. The maximum atomic E-state index is 12.6. The van der Waals surface area contributed by atoms with E-state index < -0.39 is 0 Å². The van der Waals surface area contributed by atoms with Crippen LogP contribution in [0.25, 0.3) is 0 Å². The van der Waals surface area contributed by atoms with Gasteiger partial charge in [0.2, 0.25) is 0 Å². The van der Waals surface area contributed by atoms with Gasteiger partial charge in [0.15, 0.2) is 5.69 Å². The molecule has 0 bridgehead atoms. The lowest BCUT2D eigenvalue weighted by Gasteiger charge is -2.31. The molecule has 8 heteroatoms. The van der Waals surface area contributed by atoms with Crippen LogP contribution < -0.4 is 4.74 Å². The van der Waals surface area contributed by atoms with Crippen LogP contribution in [0.2, 0.25) is 0 Å². The summed E-state index contributed by atoms with van der Waals surface area (Å²) in [5.41, 5.74) is 1.66. The van der Waals surface area contributed by atoms with Gasteiger partial charge in [-0.1, -0.05) is 35.5 Å². The van der Waals surface area contributed by atoms with Gasteiger partial charge in [0.1, 0.15) is 11.5 Å². The van der Waals surface area contributed by atoms with Gasteiger partial charge in [-0.25, -0.2) is 4.68 Å². The number of amides is 1. The molecular formula is C25H29N5O3. The Bertz CT molecular complexity index is 1060. The zero-order valence-electron chi connectivity index (χ0n) is 18.7. The third kappa shape index (κ3) is 5.40. The highest BCUT2D eigenvalue weighted by Gasteiger charge is 2.25. The number of rotatable bonds is 6. The smallest absolute Gasteiger partial charge is 0.276 e. The second kappa shape index (κ2) is 10.1. The van der Waals surface area contributed by atoms with E-state index in [4.69, 9.17) is 9.47 Å². The van der Waals surface area contributed by atoms with Crippen molar-refractivity contribution in [2.24, 2.45) is 0 Å². The number of para-hydroxylation sites is 1. The molecule has 2 aliphatic rings. The molecule has 3 heterocycles. The Hall–Kier alpha value is -3.23. The Morgan fingerprint density at radius 3 is 2.52 bits per heavy atom. The molecule has 0 spiro atoms. The molecule has 172 valence electrons. The number of morpholine rings is 1. The topological polar surface area (TPSA) is 72.7 Å². The molecule has 1 amide bonds. The minimum atomic E-state index is -0.0559. The van der Waals surface area contributed by atoms with Crippen molar-refractivity contribution in [2.45, 2.75) is 25.4 Å². The van der Waals surface area contributed by atoms with Gasteiger partial charge in [-0.2, -0.15) is 0 Å². The third-order valence-corrected chi connectivity index (χ3v) is 6.24. The van der Waals surface area contributed by atoms with Gasteiger partial charge in [-0.3, -0.25) is 9.69 Å². The van der Waals surface area contributed by atoms with Gasteiger partial charge >= 0.3 is 0 Å². The van der Waals surface area contributed by atoms with Crippen molar-refractivity contribution < 1.29 is 14.3 Å². The minimum absolute atomic E-state index is 0.0559. The summed E-state index contributed by atoms with van der Waals surface area (Å²) in [4.78, 5) is 16.9. The van der Waals surface area contributed by atoms with Gasteiger partial charge in [0, 0.05) is 32.7 Å². The molecule has 0 aliphatic carbocycles. The van der Waals surface area contributed by atoms with Crippen molar-refractivity contribution >= 4 is 5.91 Å². The SMILES string of the molecule is O=C(c1cn(C2CCN(Cc3cccc(Oc4ccccc4)c3)CC2)nn1)N1CCOCC1. The molecular weight excluding hydrogens is 418 g/mol. The second-order valence-corrected chi connectivity index (χ2v) is 8.56. The first-order chi connectivity index (χ1) is 16.2. The molecule has 2 aromatic carbocycles. The number of aromatic nitrogens is 3. The largest absolute Gasteiger partial charge is 0.457 e. The summed E-state index contributed by atoms with van der Waals surface area (Å²) in [5.74, 6) is 1.64. The van der Waals surface area contributed by atoms with E-state index in [0.717, 1.165) is 44.0 Å². The van der Waals surface area contributed by atoms with E-state index in [0.29, 0.717) is 32.0 Å². The molecule has 2 fully saturated rings. The standard InChI is InChI=1S/C25H29N5O3/c31-25(29-13-15-32-16-14-29)24-19-30(27-26-24)21-9-11-28(12-10-21)18-20-5-4-8-23(17-20)33-22-6-2-1-3-7-22/h1-8,17,19,21H,9-16,18H2. The molecule has 0 N–H and O–H groups in total. The fourth-order valence-corrected chi connectivity index (χ4v) is 4.41. The first-order valence-electron chi connectivity index (χ1n) is 11.6. The highest BCUT2D eigenvalue weighted by atomic mass is 16.5. The van der Waals surface area contributed by atoms with Crippen LogP contribution in [0.4, 0.5) is 0 Å². The number of nitrogens with zero attached hydrogens (tertiary/aromatic N) is 5. The fourth-order valence-electron chi connectivity index (χ4n) is 4.41. The summed E-state index contributed by atoms with van der Waals surface area (Å²) in [6.45, 7) is 5.22. The van der Waals surface area contributed by atoms with E-state index >= 15 is 0 Å². The van der Waals surface area contributed by atoms with Crippen LogP contribution in [0, 0.1) is 0 Å². The number of hydrogen-bond donors (Lipinski definition) is 0. The summed E-state index contributed by atoms with van der Waals surface area (Å²) >= 11 is 0. The Morgan fingerprint density at radius 1 is 0.970 bits per heavy atom. The molecule has 8 nitrogen and oxygen atoms in total. The van der Waals surface area contributed by atoms with Crippen LogP contribution in [-0.4, -0.2) is 70.1 Å². The quantitative estimate of drug-likeness (QED) is 0.577. The highest BCUT2D eigenvalue weighted by molar-refractivity contribution is 5.92. The van der Waals surface area contributed by atoms with Crippen LogP contribution in [-0.2, 0) is 11.3 Å². The minimum Gasteiger partial charge on any atom is -0.457 e. The third-order valence-electron chi connectivity index (χ3n) is 6.24. The molecule has 2 saturated heterocycles. The van der Waals surface area contributed by atoms with E-state index in [-0.39, 0.29) is 11.9 Å². The lowest BCUT2D eigenvalue weighted by Crippen LogP contribution is -2.40. The van der Waals surface area contributed by atoms with Crippen molar-refractivity contribution in [1.29, 1.82) is 0 Å². The van der Waals surface area contributed by atoms with Crippen LogP contribution in [0.5, 0.6) is 11.5 Å². The summed E-state index contributed by atoms with van der Waals surface area (Å²) in [5, 5.41) is 8.42. The Labute approximate surface area is 193 Å². The Morgan fingerprint density at radius 2 is 1.73 bits per heavy atom. The van der Waals surface area contributed by atoms with Crippen molar-refractivity contribution in [2.75, 3.05) is 39.4 Å². The Kier molecular flexibility index (Phi) is 6.64. The maximum absolute atomic E-state index is 12.6. The Balaban J connectivity index is 1.14. The van der Waals surface area contributed by atoms with Crippen LogP contribution in [0.1, 0.15) is 34.9 Å². The first-order valence-corrected chi connectivity index (χ1v) is 11.6. The fraction of sp³-hybridized carbons (Fsp3) is 0.400. The summed E-state index contributed by atoms with van der Waals surface area (Å²) in [6, 6.07) is 18.4.